The minimum atomic E-state index is 0.0874. The molecule has 0 spiro atoms. The van der Waals surface area contributed by atoms with Gasteiger partial charge in [-0.3, -0.25) is 0 Å². The quantitative estimate of drug-likeness (QED) is 0.880. The summed E-state index contributed by atoms with van der Waals surface area (Å²) in [5, 5.41) is 4.56. The van der Waals surface area contributed by atoms with Crippen LogP contribution in [0.1, 0.15) is 58.1 Å². The van der Waals surface area contributed by atoms with Gasteiger partial charge in [0.1, 0.15) is 0 Å². The van der Waals surface area contributed by atoms with E-state index in [-0.39, 0.29) is 6.10 Å². The van der Waals surface area contributed by atoms with Gasteiger partial charge in [-0.05, 0) is 56.8 Å². The number of rotatable bonds is 6. The lowest BCUT2D eigenvalue weighted by atomic mass is 9.86. The molecule has 130 valence electrons. The van der Waals surface area contributed by atoms with E-state index in [9.17, 15) is 0 Å². The summed E-state index contributed by atoms with van der Waals surface area (Å²) in [5.74, 6) is 3.00. The number of ether oxygens (including phenoxy) is 1. The van der Waals surface area contributed by atoms with Gasteiger partial charge in [0.2, 0.25) is 0 Å². The third-order valence-electron chi connectivity index (χ3n) is 5.80. The number of nitrogens with zero attached hydrogens (tertiary/aromatic N) is 4. The van der Waals surface area contributed by atoms with Gasteiger partial charge >= 0.3 is 6.01 Å². The second-order valence-corrected chi connectivity index (χ2v) is 7.62. The maximum absolute atomic E-state index is 6.07. The van der Waals surface area contributed by atoms with Crippen LogP contribution in [0.25, 0.3) is 5.65 Å². The van der Waals surface area contributed by atoms with E-state index in [1.54, 1.807) is 0 Å². The van der Waals surface area contributed by atoms with Crippen LogP contribution < -0.4 is 10.5 Å². The van der Waals surface area contributed by atoms with Gasteiger partial charge in [-0.2, -0.15) is 4.98 Å². The van der Waals surface area contributed by atoms with Crippen molar-refractivity contribution in [2.24, 2.45) is 17.8 Å². The van der Waals surface area contributed by atoms with Gasteiger partial charge in [-0.15, -0.1) is 5.10 Å². The zero-order chi connectivity index (χ0) is 16.7. The molecule has 4 atom stereocenters. The van der Waals surface area contributed by atoms with Crippen molar-refractivity contribution in [3.63, 3.8) is 0 Å². The molecule has 24 heavy (non-hydrogen) atoms. The molecule has 0 aromatic carbocycles. The molecule has 6 nitrogen and oxygen atoms in total. The highest BCUT2D eigenvalue weighted by molar-refractivity contribution is 5.59. The fourth-order valence-electron chi connectivity index (χ4n) is 4.66. The van der Waals surface area contributed by atoms with Crippen LogP contribution in [0.4, 0.5) is 5.82 Å². The Bertz CT molecular complexity index is 728. The minimum absolute atomic E-state index is 0.0874. The predicted molar refractivity (Wildman–Crippen MR) is 92.8 cm³/mol. The Hall–Kier alpha value is -1.85. The van der Waals surface area contributed by atoms with E-state index in [1.165, 1.54) is 25.7 Å². The number of imidazole rings is 1. The van der Waals surface area contributed by atoms with Crippen LogP contribution in [-0.2, 0) is 6.42 Å². The summed E-state index contributed by atoms with van der Waals surface area (Å²) in [6.07, 6.45) is 10.7. The maximum Gasteiger partial charge on any atom is 0.336 e. The summed E-state index contributed by atoms with van der Waals surface area (Å²) in [7, 11) is 0. The highest BCUT2D eigenvalue weighted by atomic mass is 16.5. The van der Waals surface area contributed by atoms with Crippen molar-refractivity contribution in [3.8, 4) is 6.01 Å². The lowest BCUT2D eigenvalue weighted by Gasteiger charge is -2.21. The van der Waals surface area contributed by atoms with E-state index in [0.717, 1.165) is 42.7 Å². The second-order valence-electron chi connectivity index (χ2n) is 7.62. The third kappa shape index (κ3) is 2.82. The lowest BCUT2D eigenvalue weighted by molar-refractivity contribution is 0.189. The van der Waals surface area contributed by atoms with Crippen LogP contribution in [0.15, 0.2) is 6.20 Å². The van der Waals surface area contributed by atoms with Gasteiger partial charge in [-0.1, -0.05) is 19.8 Å². The first-order valence-electron chi connectivity index (χ1n) is 9.30. The Kier molecular flexibility index (Phi) is 4.06. The van der Waals surface area contributed by atoms with Crippen LogP contribution in [-0.4, -0.2) is 25.7 Å². The summed E-state index contributed by atoms with van der Waals surface area (Å²) in [4.78, 5) is 8.70. The number of hydrogen-bond donors (Lipinski definition) is 1. The molecule has 0 aliphatic heterocycles. The van der Waals surface area contributed by atoms with E-state index in [0.29, 0.717) is 17.5 Å². The van der Waals surface area contributed by atoms with E-state index in [2.05, 4.69) is 22.0 Å². The first-order valence-corrected chi connectivity index (χ1v) is 9.30. The van der Waals surface area contributed by atoms with E-state index >= 15 is 0 Å². The summed E-state index contributed by atoms with van der Waals surface area (Å²) in [5.41, 5.74) is 7.85. The molecule has 2 aliphatic carbocycles. The molecule has 0 amide bonds. The SMILES string of the molecule is CCC[C@H](C)Oc1nc(N)c2ncc(CC3CC4CCC3C4)n2n1. The Morgan fingerprint density at radius 3 is 2.96 bits per heavy atom. The molecular weight excluding hydrogens is 302 g/mol. The Morgan fingerprint density at radius 2 is 2.25 bits per heavy atom. The zero-order valence-corrected chi connectivity index (χ0v) is 14.6. The van der Waals surface area contributed by atoms with Crippen molar-refractivity contribution < 1.29 is 4.74 Å². The molecule has 2 heterocycles. The topological polar surface area (TPSA) is 78.3 Å². The third-order valence-corrected chi connectivity index (χ3v) is 5.80. The summed E-state index contributed by atoms with van der Waals surface area (Å²) in [6, 6.07) is 0.355. The first kappa shape index (κ1) is 15.7. The molecule has 2 fully saturated rings. The Labute approximate surface area is 142 Å². The molecule has 2 saturated carbocycles. The number of nitrogen functional groups attached to an aromatic ring is 1. The van der Waals surface area contributed by atoms with Crippen molar-refractivity contribution >= 4 is 11.5 Å². The van der Waals surface area contributed by atoms with E-state index < -0.39 is 0 Å². The summed E-state index contributed by atoms with van der Waals surface area (Å²) in [6.45, 7) is 4.18. The van der Waals surface area contributed by atoms with Crippen LogP contribution in [0.5, 0.6) is 6.01 Å². The molecule has 2 bridgehead atoms. The normalized spacial score (nSPS) is 27.0. The molecule has 4 rings (SSSR count). The summed E-state index contributed by atoms with van der Waals surface area (Å²) >= 11 is 0. The van der Waals surface area contributed by atoms with Crippen molar-refractivity contribution in [1.29, 1.82) is 0 Å². The van der Waals surface area contributed by atoms with Crippen molar-refractivity contribution in [1.82, 2.24) is 19.6 Å². The van der Waals surface area contributed by atoms with Crippen LogP contribution >= 0.6 is 0 Å². The standard InChI is InChI=1S/C18H27N5O/c1-3-4-11(2)24-18-21-16(19)17-20-10-15(23(17)22-18)9-14-8-12-5-6-13(14)7-12/h10-14H,3-9H2,1-2H3,(H2,19,21,22)/t11-,12?,13?,14?/m0/s1. The fourth-order valence-corrected chi connectivity index (χ4v) is 4.66. The number of hydrogen-bond acceptors (Lipinski definition) is 5. The zero-order valence-electron chi connectivity index (χ0n) is 14.6. The molecule has 2 N–H and O–H groups in total. The molecular formula is C18H27N5O. The highest BCUT2D eigenvalue weighted by Gasteiger charge is 2.39. The molecule has 6 heteroatoms. The van der Waals surface area contributed by atoms with E-state index in [4.69, 9.17) is 10.5 Å². The smallest absolute Gasteiger partial charge is 0.336 e. The molecule has 0 saturated heterocycles. The minimum Gasteiger partial charge on any atom is -0.459 e. The van der Waals surface area contributed by atoms with Crippen molar-refractivity contribution in [3.05, 3.63) is 11.9 Å². The van der Waals surface area contributed by atoms with Gasteiger partial charge in [0.05, 0.1) is 18.0 Å². The predicted octanol–water partition coefficient (Wildman–Crippen LogP) is 3.25. The highest BCUT2D eigenvalue weighted by Crippen LogP contribution is 2.49. The van der Waals surface area contributed by atoms with Gasteiger partial charge in [-0.25, -0.2) is 9.50 Å². The van der Waals surface area contributed by atoms with Gasteiger partial charge in [0, 0.05) is 0 Å². The van der Waals surface area contributed by atoms with Gasteiger partial charge in [0.25, 0.3) is 0 Å². The van der Waals surface area contributed by atoms with Crippen LogP contribution in [0, 0.1) is 17.8 Å². The summed E-state index contributed by atoms with van der Waals surface area (Å²) < 4.78 is 7.69. The first-order chi connectivity index (χ1) is 11.6. The monoisotopic (exact) mass is 329 g/mol. The fraction of sp³-hybridized carbons (Fsp3) is 0.722. The van der Waals surface area contributed by atoms with Gasteiger partial charge in [0.15, 0.2) is 11.5 Å². The van der Waals surface area contributed by atoms with E-state index in [1.807, 2.05) is 17.6 Å². The van der Waals surface area contributed by atoms with Crippen molar-refractivity contribution in [2.45, 2.75) is 64.9 Å². The Balaban J connectivity index is 1.58. The van der Waals surface area contributed by atoms with Crippen molar-refractivity contribution in [2.75, 3.05) is 5.73 Å². The molecule has 3 unspecified atom stereocenters. The number of anilines is 1. The number of fused-ring (bicyclic) bond motifs is 3. The average molecular weight is 329 g/mol. The average Bonchev–Trinajstić information content (AvgIpc) is 3.24. The molecule has 2 aromatic rings. The number of aromatic nitrogens is 4. The maximum atomic E-state index is 6.07. The van der Waals surface area contributed by atoms with Gasteiger partial charge < -0.3 is 10.5 Å². The van der Waals surface area contributed by atoms with Crippen LogP contribution in [0.3, 0.4) is 0 Å². The molecule has 2 aromatic heterocycles. The lowest BCUT2D eigenvalue weighted by Crippen LogP contribution is -2.17. The second kappa shape index (κ2) is 6.22. The largest absolute Gasteiger partial charge is 0.459 e. The van der Waals surface area contributed by atoms with Crippen LogP contribution in [0.2, 0.25) is 0 Å². The Morgan fingerprint density at radius 1 is 1.38 bits per heavy atom. The number of nitrogens with two attached hydrogens (primary N) is 1. The molecule has 2 aliphatic rings. The molecule has 0 radical (unpaired) electrons.